The van der Waals surface area contributed by atoms with E-state index in [2.05, 4.69) is 42.3 Å². The van der Waals surface area contributed by atoms with Crippen LogP contribution in [0.15, 0.2) is 23.6 Å². The van der Waals surface area contributed by atoms with Crippen LogP contribution in [-0.4, -0.2) is 28.9 Å². The van der Waals surface area contributed by atoms with Crippen molar-refractivity contribution in [3.05, 3.63) is 34.7 Å². The van der Waals surface area contributed by atoms with Gasteiger partial charge in [0.1, 0.15) is 0 Å². The molecule has 4 nitrogen and oxygen atoms in total. The molecule has 0 spiro atoms. The number of thioether (sulfide) groups is 1. The van der Waals surface area contributed by atoms with Crippen molar-refractivity contribution in [3.63, 3.8) is 0 Å². The van der Waals surface area contributed by atoms with E-state index in [1.165, 1.54) is 34.2 Å². The second-order valence-electron chi connectivity index (χ2n) is 4.73. The van der Waals surface area contributed by atoms with Crippen LogP contribution in [0.2, 0.25) is 0 Å². The summed E-state index contributed by atoms with van der Waals surface area (Å²) in [6.07, 6.45) is 0. The lowest BCUT2D eigenvalue weighted by Crippen LogP contribution is -2.15. The van der Waals surface area contributed by atoms with Crippen LogP contribution in [0.25, 0.3) is 11.3 Å². The number of carbonyl (C=O) groups is 1. The van der Waals surface area contributed by atoms with Gasteiger partial charge in [0.15, 0.2) is 5.13 Å². The molecule has 0 fully saturated rings. The lowest BCUT2D eigenvalue weighted by molar-refractivity contribution is -0.113. The third kappa shape index (κ3) is 4.56. The monoisotopic (exact) mass is 321 g/mol. The Morgan fingerprint density at radius 1 is 1.38 bits per heavy atom. The van der Waals surface area contributed by atoms with Gasteiger partial charge in [-0.05, 0) is 31.0 Å². The van der Waals surface area contributed by atoms with Crippen molar-refractivity contribution in [2.24, 2.45) is 5.73 Å². The van der Waals surface area contributed by atoms with E-state index in [1.807, 2.05) is 5.38 Å². The summed E-state index contributed by atoms with van der Waals surface area (Å²) in [5.41, 5.74) is 9.87. The first-order valence-corrected chi connectivity index (χ1v) is 8.74. The highest BCUT2D eigenvalue weighted by atomic mass is 32.2. The summed E-state index contributed by atoms with van der Waals surface area (Å²) in [5, 5.41) is 5.43. The Labute approximate surface area is 133 Å². The Hall–Kier alpha value is -1.37. The van der Waals surface area contributed by atoms with Crippen LogP contribution in [0.4, 0.5) is 5.13 Å². The molecule has 0 aliphatic heterocycles. The summed E-state index contributed by atoms with van der Waals surface area (Å²) in [7, 11) is 0. The number of aromatic nitrogens is 1. The molecular formula is C15H19N3OS2. The number of anilines is 1. The lowest BCUT2D eigenvalue weighted by Gasteiger charge is -2.03. The standard InChI is InChI=1S/C15H19N3OS2/c1-10-3-4-12(7-11(10)2)13-8-21-15(17-13)18-14(19)9-20-6-5-16/h3-4,7-8H,5-6,9,16H2,1-2H3,(H,17,18,19). The SMILES string of the molecule is Cc1ccc(-c2csc(NC(=O)CSCCN)n2)cc1C. The predicted molar refractivity (Wildman–Crippen MR) is 92.0 cm³/mol. The Morgan fingerprint density at radius 2 is 2.19 bits per heavy atom. The molecule has 1 aromatic carbocycles. The number of nitrogens with one attached hydrogen (secondary N) is 1. The van der Waals surface area contributed by atoms with Crippen molar-refractivity contribution in [3.8, 4) is 11.3 Å². The highest BCUT2D eigenvalue weighted by Gasteiger charge is 2.08. The van der Waals surface area contributed by atoms with Gasteiger partial charge < -0.3 is 11.1 Å². The number of thiazole rings is 1. The zero-order chi connectivity index (χ0) is 15.2. The number of carbonyl (C=O) groups excluding carboxylic acids is 1. The summed E-state index contributed by atoms with van der Waals surface area (Å²) < 4.78 is 0. The minimum absolute atomic E-state index is 0.0329. The number of nitrogens with two attached hydrogens (primary N) is 1. The summed E-state index contributed by atoms with van der Waals surface area (Å²) in [4.78, 5) is 16.2. The second-order valence-corrected chi connectivity index (χ2v) is 6.69. The molecule has 0 aliphatic carbocycles. The van der Waals surface area contributed by atoms with E-state index in [4.69, 9.17) is 5.73 Å². The van der Waals surface area contributed by atoms with Crippen LogP contribution in [0.5, 0.6) is 0 Å². The fourth-order valence-corrected chi connectivity index (χ4v) is 3.07. The summed E-state index contributed by atoms with van der Waals surface area (Å²) in [6.45, 7) is 4.76. The first kappa shape index (κ1) is 16.0. The summed E-state index contributed by atoms with van der Waals surface area (Å²) in [6, 6.07) is 6.26. The fourth-order valence-electron chi connectivity index (χ4n) is 1.77. The minimum atomic E-state index is -0.0329. The van der Waals surface area contributed by atoms with Crippen molar-refractivity contribution in [1.29, 1.82) is 0 Å². The summed E-state index contributed by atoms with van der Waals surface area (Å²) >= 11 is 2.97. The van der Waals surface area contributed by atoms with Crippen molar-refractivity contribution in [2.75, 3.05) is 23.4 Å². The number of benzene rings is 1. The molecule has 3 N–H and O–H groups in total. The smallest absolute Gasteiger partial charge is 0.236 e. The van der Waals surface area contributed by atoms with Gasteiger partial charge in [-0.2, -0.15) is 11.8 Å². The Morgan fingerprint density at radius 3 is 2.90 bits per heavy atom. The van der Waals surface area contributed by atoms with Crippen LogP contribution >= 0.6 is 23.1 Å². The molecule has 2 aromatic rings. The Kier molecular flexibility index (Phi) is 5.78. The molecule has 1 amide bonds. The van der Waals surface area contributed by atoms with Crippen molar-refractivity contribution < 1.29 is 4.79 Å². The van der Waals surface area contributed by atoms with Crippen LogP contribution < -0.4 is 11.1 Å². The van der Waals surface area contributed by atoms with E-state index >= 15 is 0 Å². The zero-order valence-corrected chi connectivity index (χ0v) is 13.8. The molecule has 21 heavy (non-hydrogen) atoms. The van der Waals surface area contributed by atoms with Gasteiger partial charge in [-0.1, -0.05) is 12.1 Å². The zero-order valence-electron chi connectivity index (χ0n) is 12.2. The quantitative estimate of drug-likeness (QED) is 0.802. The summed E-state index contributed by atoms with van der Waals surface area (Å²) in [5.74, 6) is 1.17. The van der Waals surface area contributed by atoms with Gasteiger partial charge in [0.05, 0.1) is 11.4 Å². The number of rotatable bonds is 6. The third-order valence-corrected chi connectivity index (χ3v) is 4.80. The molecule has 0 bridgehead atoms. The largest absolute Gasteiger partial charge is 0.330 e. The second kappa shape index (κ2) is 7.59. The molecule has 0 aliphatic rings. The van der Waals surface area contributed by atoms with E-state index in [9.17, 15) is 4.79 Å². The number of hydrogen-bond donors (Lipinski definition) is 2. The number of aryl methyl sites for hydroxylation is 2. The van der Waals surface area contributed by atoms with Gasteiger partial charge in [-0.3, -0.25) is 4.79 Å². The normalized spacial score (nSPS) is 10.6. The highest BCUT2D eigenvalue weighted by molar-refractivity contribution is 7.99. The minimum Gasteiger partial charge on any atom is -0.330 e. The first-order chi connectivity index (χ1) is 10.1. The van der Waals surface area contributed by atoms with E-state index in [-0.39, 0.29) is 5.91 Å². The number of hydrogen-bond acceptors (Lipinski definition) is 5. The van der Waals surface area contributed by atoms with Gasteiger partial charge in [0.2, 0.25) is 5.91 Å². The van der Waals surface area contributed by atoms with Crippen molar-refractivity contribution >= 4 is 34.1 Å². The van der Waals surface area contributed by atoms with Gasteiger partial charge >= 0.3 is 0 Å². The molecule has 0 radical (unpaired) electrons. The lowest BCUT2D eigenvalue weighted by atomic mass is 10.1. The van der Waals surface area contributed by atoms with Gasteiger partial charge in [0.25, 0.3) is 0 Å². The Bertz CT molecular complexity index is 625. The molecule has 0 saturated carbocycles. The van der Waals surface area contributed by atoms with Crippen LogP contribution in [0, 0.1) is 13.8 Å². The maximum Gasteiger partial charge on any atom is 0.236 e. The fraction of sp³-hybridized carbons (Fsp3) is 0.333. The van der Waals surface area contributed by atoms with Crippen molar-refractivity contribution in [1.82, 2.24) is 4.98 Å². The van der Waals surface area contributed by atoms with E-state index in [0.29, 0.717) is 17.4 Å². The first-order valence-electron chi connectivity index (χ1n) is 6.71. The molecule has 0 atom stereocenters. The third-order valence-electron chi connectivity index (χ3n) is 3.05. The van der Waals surface area contributed by atoms with Crippen LogP contribution in [0.1, 0.15) is 11.1 Å². The number of amides is 1. The van der Waals surface area contributed by atoms with Crippen molar-refractivity contribution in [2.45, 2.75) is 13.8 Å². The average Bonchev–Trinajstić information content (AvgIpc) is 2.90. The van der Waals surface area contributed by atoms with Gasteiger partial charge in [-0.25, -0.2) is 4.98 Å². The van der Waals surface area contributed by atoms with E-state index in [0.717, 1.165) is 17.0 Å². The van der Waals surface area contributed by atoms with Crippen LogP contribution in [0.3, 0.4) is 0 Å². The van der Waals surface area contributed by atoms with E-state index < -0.39 is 0 Å². The highest BCUT2D eigenvalue weighted by Crippen LogP contribution is 2.26. The maximum atomic E-state index is 11.7. The Balaban J connectivity index is 2.00. The molecule has 1 aromatic heterocycles. The molecule has 6 heteroatoms. The van der Waals surface area contributed by atoms with E-state index in [1.54, 1.807) is 0 Å². The van der Waals surface area contributed by atoms with Crippen LogP contribution in [-0.2, 0) is 4.79 Å². The maximum absolute atomic E-state index is 11.7. The number of nitrogens with zero attached hydrogens (tertiary/aromatic N) is 1. The topological polar surface area (TPSA) is 68.0 Å². The molecule has 112 valence electrons. The molecule has 1 heterocycles. The molecule has 0 unspecified atom stereocenters. The molecule has 0 saturated heterocycles. The van der Waals surface area contributed by atoms with Gasteiger partial charge in [0, 0.05) is 23.2 Å². The average molecular weight is 321 g/mol. The molecule has 2 rings (SSSR count). The van der Waals surface area contributed by atoms with Gasteiger partial charge in [-0.15, -0.1) is 11.3 Å². The molecular weight excluding hydrogens is 302 g/mol. The predicted octanol–water partition coefficient (Wildman–Crippen LogP) is 3.06.